The van der Waals surface area contributed by atoms with Crippen LogP contribution in [0.1, 0.15) is 51.9 Å². The SMILES string of the molecule is CC(NC(=O)C1(O)CCSCC1)C1CCCN(C2CCC2)C1. The fraction of sp³-hybridized carbons (Fsp3) is 0.941. The number of carbonyl (C=O) groups excluding carboxylic acids is 1. The first kappa shape index (κ1) is 16.6. The van der Waals surface area contributed by atoms with Gasteiger partial charge in [0.15, 0.2) is 0 Å². The lowest BCUT2D eigenvalue weighted by molar-refractivity contribution is -0.141. The lowest BCUT2D eigenvalue weighted by Crippen LogP contribution is -2.55. The fourth-order valence-corrected chi connectivity index (χ4v) is 5.10. The first-order valence-corrected chi connectivity index (χ1v) is 10.1. The molecular formula is C17H30N2O2S. The maximum atomic E-state index is 12.5. The Balaban J connectivity index is 1.52. The topological polar surface area (TPSA) is 52.6 Å². The lowest BCUT2D eigenvalue weighted by atomic mass is 9.85. The van der Waals surface area contributed by atoms with Gasteiger partial charge in [0.1, 0.15) is 5.60 Å². The highest BCUT2D eigenvalue weighted by Crippen LogP contribution is 2.31. The maximum Gasteiger partial charge on any atom is 0.252 e. The van der Waals surface area contributed by atoms with E-state index in [-0.39, 0.29) is 11.9 Å². The second-order valence-electron chi connectivity index (χ2n) is 7.39. The number of aliphatic hydroxyl groups is 1. The molecule has 1 amide bonds. The minimum Gasteiger partial charge on any atom is -0.380 e. The van der Waals surface area contributed by atoms with Gasteiger partial charge in [-0.05, 0) is 69.4 Å². The van der Waals surface area contributed by atoms with Crippen molar-refractivity contribution in [1.82, 2.24) is 10.2 Å². The van der Waals surface area contributed by atoms with Crippen molar-refractivity contribution in [1.29, 1.82) is 0 Å². The van der Waals surface area contributed by atoms with Gasteiger partial charge in [-0.3, -0.25) is 4.79 Å². The van der Waals surface area contributed by atoms with E-state index in [0.29, 0.717) is 18.8 Å². The largest absolute Gasteiger partial charge is 0.380 e. The molecular weight excluding hydrogens is 296 g/mol. The van der Waals surface area contributed by atoms with Crippen LogP contribution in [0.5, 0.6) is 0 Å². The number of rotatable bonds is 4. The first-order chi connectivity index (χ1) is 10.6. The van der Waals surface area contributed by atoms with Gasteiger partial charge in [0.05, 0.1) is 0 Å². The summed E-state index contributed by atoms with van der Waals surface area (Å²) >= 11 is 1.83. The Labute approximate surface area is 138 Å². The number of carbonyl (C=O) groups is 1. The third-order valence-corrected chi connectivity index (χ3v) is 6.87. The Morgan fingerprint density at radius 1 is 1.27 bits per heavy atom. The van der Waals surface area contributed by atoms with Crippen LogP contribution >= 0.6 is 11.8 Å². The molecule has 0 radical (unpaired) electrons. The molecule has 2 heterocycles. The van der Waals surface area contributed by atoms with Gasteiger partial charge in [-0.1, -0.05) is 6.42 Å². The highest BCUT2D eigenvalue weighted by molar-refractivity contribution is 7.99. The smallest absolute Gasteiger partial charge is 0.252 e. The van der Waals surface area contributed by atoms with Crippen molar-refractivity contribution in [2.24, 2.45) is 5.92 Å². The first-order valence-electron chi connectivity index (χ1n) is 8.94. The second-order valence-corrected chi connectivity index (χ2v) is 8.61. The Kier molecular flexibility index (Phi) is 5.35. The number of piperidine rings is 1. The lowest BCUT2D eigenvalue weighted by Gasteiger charge is -2.44. The standard InChI is InChI=1S/C17H30N2O2S/c1-13(18-16(20)17(21)7-10-22-11-8-17)14-4-3-9-19(12-14)15-5-2-6-15/h13-15,21H,2-12H2,1H3,(H,18,20). The molecule has 0 aromatic carbocycles. The number of likely N-dealkylation sites (tertiary alicyclic amines) is 1. The summed E-state index contributed by atoms with van der Waals surface area (Å²) in [5, 5.41) is 13.7. The molecule has 3 fully saturated rings. The van der Waals surface area contributed by atoms with Crippen molar-refractivity contribution in [2.75, 3.05) is 24.6 Å². The average Bonchev–Trinajstić information content (AvgIpc) is 2.46. The Morgan fingerprint density at radius 2 is 2.00 bits per heavy atom. The fourth-order valence-electron chi connectivity index (χ4n) is 3.93. The highest BCUT2D eigenvalue weighted by atomic mass is 32.2. The molecule has 2 atom stereocenters. The van der Waals surface area contributed by atoms with Crippen LogP contribution in [-0.2, 0) is 4.79 Å². The molecule has 1 aliphatic carbocycles. The Bertz CT molecular complexity index is 394. The van der Waals surface area contributed by atoms with Gasteiger partial charge in [0.2, 0.25) is 0 Å². The number of amides is 1. The molecule has 22 heavy (non-hydrogen) atoms. The summed E-state index contributed by atoms with van der Waals surface area (Å²) in [6.45, 7) is 4.46. The van der Waals surface area contributed by atoms with Gasteiger partial charge in [-0.15, -0.1) is 0 Å². The number of nitrogens with one attached hydrogen (secondary N) is 1. The number of thioether (sulfide) groups is 1. The molecule has 2 unspecified atom stereocenters. The van der Waals surface area contributed by atoms with Gasteiger partial charge in [-0.2, -0.15) is 11.8 Å². The van der Waals surface area contributed by atoms with Crippen LogP contribution in [0, 0.1) is 5.92 Å². The normalized spacial score (nSPS) is 31.3. The van der Waals surface area contributed by atoms with E-state index in [1.807, 2.05) is 11.8 Å². The minimum absolute atomic E-state index is 0.138. The molecule has 0 aromatic rings. The summed E-state index contributed by atoms with van der Waals surface area (Å²) in [5.74, 6) is 2.16. The molecule has 4 nitrogen and oxygen atoms in total. The number of hydrogen-bond donors (Lipinski definition) is 2. The van der Waals surface area contributed by atoms with Gasteiger partial charge in [-0.25, -0.2) is 0 Å². The zero-order valence-electron chi connectivity index (χ0n) is 13.7. The second kappa shape index (κ2) is 7.10. The van der Waals surface area contributed by atoms with E-state index in [1.165, 1.54) is 38.6 Å². The van der Waals surface area contributed by atoms with Crippen molar-refractivity contribution in [2.45, 2.75) is 69.6 Å². The van der Waals surface area contributed by atoms with Crippen LogP contribution in [0.4, 0.5) is 0 Å². The molecule has 0 bridgehead atoms. The van der Waals surface area contributed by atoms with E-state index in [0.717, 1.165) is 24.1 Å². The Morgan fingerprint density at radius 3 is 2.64 bits per heavy atom. The quantitative estimate of drug-likeness (QED) is 0.830. The van der Waals surface area contributed by atoms with Crippen molar-refractivity contribution in [3.05, 3.63) is 0 Å². The van der Waals surface area contributed by atoms with Crippen molar-refractivity contribution >= 4 is 17.7 Å². The van der Waals surface area contributed by atoms with E-state index in [1.54, 1.807) is 0 Å². The molecule has 3 rings (SSSR count). The summed E-state index contributed by atoms with van der Waals surface area (Å²) in [4.78, 5) is 15.1. The van der Waals surface area contributed by atoms with E-state index < -0.39 is 5.60 Å². The van der Waals surface area contributed by atoms with Gasteiger partial charge in [0, 0.05) is 18.6 Å². The predicted octanol–water partition coefficient (Wildman–Crippen LogP) is 2.01. The zero-order valence-corrected chi connectivity index (χ0v) is 14.5. The predicted molar refractivity (Wildman–Crippen MR) is 91.0 cm³/mol. The molecule has 1 saturated carbocycles. The van der Waals surface area contributed by atoms with Crippen LogP contribution < -0.4 is 5.32 Å². The molecule has 0 aromatic heterocycles. The number of nitrogens with zero attached hydrogens (tertiary/aromatic N) is 1. The van der Waals surface area contributed by atoms with Crippen LogP contribution in [0.15, 0.2) is 0 Å². The van der Waals surface area contributed by atoms with Gasteiger partial charge in [0.25, 0.3) is 5.91 Å². The van der Waals surface area contributed by atoms with Gasteiger partial charge >= 0.3 is 0 Å². The van der Waals surface area contributed by atoms with E-state index in [9.17, 15) is 9.90 Å². The van der Waals surface area contributed by atoms with Gasteiger partial charge < -0.3 is 15.3 Å². The van der Waals surface area contributed by atoms with Crippen LogP contribution in [0.25, 0.3) is 0 Å². The summed E-state index contributed by atoms with van der Waals surface area (Å²) in [6, 6.07) is 0.958. The molecule has 2 aliphatic heterocycles. The molecule has 2 saturated heterocycles. The summed E-state index contributed by atoms with van der Waals surface area (Å²) in [7, 11) is 0. The third kappa shape index (κ3) is 3.62. The summed E-state index contributed by atoms with van der Waals surface area (Å²) in [6.07, 6.45) is 7.70. The van der Waals surface area contributed by atoms with E-state index in [4.69, 9.17) is 0 Å². The average molecular weight is 327 g/mol. The summed E-state index contributed by atoms with van der Waals surface area (Å²) < 4.78 is 0. The molecule has 3 aliphatic rings. The van der Waals surface area contributed by atoms with Crippen LogP contribution in [0.2, 0.25) is 0 Å². The monoisotopic (exact) mass is 326 g/mol. The maximum absolute atomic E-state index is 12.5. The Hall–Kier alpha value is -0.260. The van der Waals surface area contributed by atoms with E-state index in [2.05, 4.69) is 17.1 Å². The van der Waals surface area contributed by atoms with Crippen molar-refractivity contribution in [3.8, 4) is 0 Å². The molecule has 126 valence electrons. The molecule has 0 spiro atoms. The highest BCUT2D eigenvalue weighted by Gasteiger charge is 2.39. The zero-order chi connectivity index (χ0) is 15.6. The van der Waals surface area contributed by atoms with Crippen molar-refractivity contribution < 1.29 is 9.90 Å². The third-order valence-electron chi connectivity index (χ3n) is 5.89. The summed E-state index contributed by atoms with van der Waals surface area (Å²) in [5.41, 5.74) is -1.12. The van der Waals surface area contributed by atoms with Crippen LogP contribution in [-0.4, -0.2) is 58.2 Å². The minimum atomic E-state index is -1.12. The molecule has 5 heteroatoms. The van der Waals surface area contributed by atoms with Crippen molar-refractivity contribution in [3.63, 3.8) is 0 Å². The van der Waals surface area contributed by atoms with E-state index >= 15 is 0 Å². The molecule has 2 N–H and O–H groups in total. The van der Waals surface area contributed by atoms with Crippen LogP contribution in [0.3, 0.4) is 0 Å². The number of hydrogen-bond acceptors (Lipinski definition) is 4.